The molecule has 2 aromatic rings. The minimum Gasteiger partial charge on any atom is -0.369 e. The average Bonchev–Trinajstić information content (AvgIpc) is 2.59. The number of hydrogen-bond acceptors (Lipinski definition) is 3. The lowest BCUT2D eigenvalue weighted by Gasteiger charge is -2.04. The average molecular weight is 204 g/mol. The third-order valence-corrected chi connectivity index (χ3v) is 2.38. The van der Waals surface area contributed by atoms with Gasteiger partial charge in [-0.05, 0) is 19.4 Å². The summed E-state index contributed by atoms with van der Waals surface area (Å²) in [6.45, 7) is 5.17. The lowest BCUT2D eigenvalue weighted by Crippen LogP contribution is -2.03. The van der Waals surface area contributed by atoms with Crippen molar-refractivity contribution in [2.45, 2.75) is 26.7 Å². The Morgan fingerprint density at radius 1 is 1.40 bits per heavy atom. The minimum atomic E-state index is 0.904. The Bertz CT molecular complexity index is 447. The van der Waals surface area contributed by atoms with Gasteiger partial charge in [-0.25, -0.2) is 9.97 Å². The number of aryl methyl sites for hydroxylation is 1. The van der Waals surface area contributed by atoms with Crippen LogP contribution in [0, 0.1) is 6.92 Å². The number of anilines is 1. The molecule has 2 heterocycles. The smallest absolute Gasteiger partial charge is 0.143 e. The van der Waals surface area contributed by atoms with E-state index in [2.05, 4.69) is 33.3 Å². The van der Waals surface area contributed by atoms with E-state index in [0.29, 0.717) is 0 Å². The fourth-order valence-corrected chi connectivity index (χ4v) is 1.60. The molecule has 0 aliphatic heterocycles. The SMILES string of the molecule is CCCCNc1ncnc2[nH]c(C)cc12. The molecule has 0 amide bonds. The molecular weight excluding hydrogens is 188 g/mol. The van der Waals surface area contributed by atoms with E-state index < -0.39 is 0 Å². The number of hydrogen-bond donors (Lipinski definition) is 2. The summed E-state index contributed by atoms with van der Waals surface area (Å²) in [7, 11) is 0. The van der Waals surface area contributed by atoms with E-state index in [1.165, 1.54) is 6.42 Å². The Morgan fingerprint density at radius 3 is 3.07 bits per heavy atom. The maximum Gasteiger partial charge on any atom is 0.143 e. The summed E-state index contributed by atoms with van der Waals surface area (Å²) in [6, 6.07) is 2.07. The molecule has 2 rings (SSSR count). The number of aromatic nitrogens is 3. The lowest BCUT2D eigenvalue weighted by atomic mass is 10.3. The van der Waals surface area contributed by atoms with Crippen LogP contribution >= 0.6 is 0 Å². The van der Waals surface area contributed by atoms with E-state index in [-0.39, 0.29) is 0 Å². The van der Waals surface area contributed by atoms with Gasteiger partial charge in [0.25, 0.3) is 0 Å². The third-order valence-electron chi connectivity index (χ3n) is 2.38. The quantitative estimate of drug-likeness (QED) is 0.752. The zero-order valence-electron chi connectivity index (χ0n) is 9.17. The van der Waals surface area contributed by atoms with Crippen LogP contribution in [0.3, 0.4) is 0 Å². The van der Waals surface area contributed by atoms with Gasteiger partial charge < -0.3 is 10.3 Å². The first-order valence-electron chi connectivity index (χ1n) is 5.35. The van der Waals surface area contributed by atoms with Crippen LogP contribution in [0.25, 0.3) is 11.0 Å². The number of nitrogens with zero attached hydrogens (tertiary/aromatic N) is 2. The molecule has 0 aliphatic rings. The summed E-state index contributed by atoms with van der Waals surface area (Å²) >= 11 is 0. The van der Waals surface area contributed by atoms with Crippen molar-refractivity contribution in [3.8, 4) is 0 Å². The monoisotopic (exact) mass is 204 g/mol. The normalized spacial score (nSPS) is 10.8. The summed E-state index contributed by atoms with van der Waals surface area (Å²) in [5.74, 6) is 0.929. The number of H-pyrrole nitrogens is 1. The molecule has 0 bridgehead atoms. The summed E-state index contributed by atoms with van der Waals surface area (Å²) in [4.78, 5) is 11.6. The number of unbranched alkanes of at least 4 members (excludes halogenated alkanes) is 1. The molecule has 0 saturated heterocycles. The van der Waals surface area contributed by atoms with E-state index in [0.717, 1.165) is 35.5 Å². The highest BCUT2D eigenvalue weighted by atomic mass is 15.0. The predicted molar refractivity (Wildman–Crippen MR) is 62.0 cm³/mol. The fraction of sp³-hybridized carbons (Fsp3) is 0.455. The molecular formula is C11H16N4. The first kappa shape index (κ1) is 9.96. The van der Waals surface area contributed by atoms with Crippen molar-refractivity contribution >= 4 is 16.9 Å². The Balaban J connectivity index is 2.25. The molecule has 2 N–H and O–H groups in total. The third kappa shape index (κ3) is 2.09. The van der Waals surface area contributed by atoms with Crippen molar-refractivity contribution in [3.05, 3.63) is 18.1 Å². The van der Waals surface area contributed by atoms with Crippen molar-refractivity contribution in [2.24, 2.45) is 0 Å². The van der Waals surface area contributed by atoms with Gasteiger partial charge in [0.15, 0.2) is 0 Å². The molecule has 4 heteroatoms. The zero-order valence-corrected chi connectivity index (χ0v) is 9.17. The zero-order chi connectivity index (χ0) is 10.7. The summed E-state index contributed by atoms with van der Waals surface area (Å²) in [6.07, 6.45) is 3.94. The maximum atomic E-state index is 4.25. The second-order valence-electron chi connectivity index (χ2n) is 3.72. The van der Waals surface area contributed by atoms with E-state index in [9.17, 15) is 0 Å². The topological polar surface area (TPSA) is 53.6 Å². The van der Waals surface area contributed by atoms with Crippen molar-refractivity contribution in [2.75, 3.05) is 11.9 Å². The van der Waals surface area contributed by atoms with Gasteiger partial charge in [-0.15, -0.1) is 0 Å². The van der Waals surface area contributed by atoms with Gasteiger partial charge in [0.05, 0.1) is 5.39 Å². The van der Waals surface area contributed by atoms with Gasteiger partial charge in [-0.3, -0.25) is 0 Å². The van der Waals surface area contributed by atoms with Crippen molar-refractivity contribution in [1.29, 1.82) is 0 Å². The Hall–Kier alpha value is -1.58. The molecule has 0 radical (unpaired) electrons. The Labute approximate surface area is 89.1 Å². The summed E-state index contributed by atoms with van der Waals surface area (Å²) in [5.41, 5.74) is 2.02. The second kappa shape index (κ2) is 4.29. The second-order valence-corrected chi connectivity index (χ2v) is 3.72. The van der Waals surface area contributed by atoms with Crippen LogP contribution in [0.4, 0.5) is 5.82 Å². The highest BCUT2D eigenvalue weighted by molar-refractivity contribution is 5.87. The van der Waals surface area contributed by atoms with Gasteiger partial charge in [-0.1, -0.05) is 13.3 Å². The fourth-order valence-electron chi connectivity index (χ4n) is 1.60. The molecule has 80 valence electrons. The van der Waals surface area contributed by atoms with Crippen molar-refractivity contribution in [3.63, 3.8) is 0 Å². The van der Waals surface area contributed by atoms with Crippen LogP contribution in [0.5, 0.6) is 0 Å². The highest BCUT2D eigenvalue weighted by Crippen LogP contribution is 2.19. The molecule has 0 aromatic carbocycles. The molecule has 0 fully saturated rings. The molecule has 0 unspecified atom stereocenters. The maximum absolute atomic E-state index is 4.25. The van der Waals surface area contributed by atoms with Gasteiger partial charge >= 0.3 is 0 Å². The lowest BCUT2D eigenvalue weighted by molar-refractivity contribution is 0.831. The van der Waals surface area contributed by atoms with Crippen molar-refractivity contribution in [1.82, 2.24) is 15.0 Å². The van der Waals surface area contributed by atoms with E-state index in [1.54, 1.807) is 6.33 Å². The van der Waals surface area contributed by atoms with Gasteiger partial charge in [0, 0.05) is 12.2 Å². The standard InChI is InChI=1S/C11H16N4/c1-3-4-5-12-10-9-6-8(2)15-11(9)14-7-13-10/h6-7H,3-5H2,1-2H3,(H2,12,13,14,15). The van der Waals surface area contributed by atoms with Gasteiger partial charge in [-0.2, -0.15) is 0 Å². The number of nitrogens with one attached hydrogen (secondary N) is 2. The molecule has 0 aliphatic carbocycles. The summed E-state index contributed by atoms with van der Waals surface area (Å²) in [5, 5.41) is 4.41. The number of rotatable bonds is 4. The predicted octanol–water partition coefficient (Wildman–Crippen LogP) is 2.48. The van der Waals surface area contributed by atoms with Crippen LogP contribution in [0.15, 0.2) is 12.4 Å². The van der Waals surface area contributed by atoms with Crippen LogP contribution in [-0.2, 0) is 0 Å². The van der Waals surface area contributed by atoms with Crippen LogP contribution in [-0.4, -0.2) is 21.5 Å². The van der Waals surface area contributed by atoms with Crippen LogP contribution in [0.1, 0.15) is 25.5 Å². The minimum absolute atomic E-state index is 0.904. The molecule has 2 aromatic heterocycles. The largest absolute Gasteiger partial charge is 0.369 e. The highest BCUT2D eigenvalue weighted by Gasteiger charge is 2.04. The van der Waals surface area contributed by atoms with E-state index >= 15 is 0 Å². The number of aromatic amines is 1. The number of fused-ring (bicyclic) bond motifs is 1. The molecule has 15 heavy (non-hydrogen) atoms. The molecule has 0 saturated carbocycles. The van der Waals surface area contributed by atoms with Crippen molar-refractivity contribution < 1.29 is 0 Å². The van der Waals surface area contributed by atoms with Gasteiger partial charge in [0.2, 0.25) is 0 Å². The van der Waals surface area contributed by atoms with Crippen LogP contribution < -0.4 is 5.32 Å². The molecule has 0 spiro atoms. The summed E-state index contributed by atoms with van der Waals surface area (Å²) < 4.78 is 0. The Morgan fingerprint density at radius 2 is 2.27 bits per heavy atom. The first-order chi connectivity index (χ1) is 7.31. The van der Waals surface area contributed by atoms with Crippen LogP contribution in [0.2, 0.25) is 0 Å². The Kier molecular flexibility index (Phi) is 2.85. The molecule has 0 atom stereocenters. The van der Waals surface area contributed by atoms with E-state index in [4.69, 9.17) is 0 Å². The van der Waals surface area contributed by atoms with E-state index in [1.807, 2.05) is 6.92 Å². The van der Waals surface area contributed by atoms with Gasteiger partial charge in [0.1, 0.15) is 17.8 Å². The first-order valence-corrected chi connectivity index (χ1v) is 5.35. The molecule has 4 nitrogen and oxygen atoms in total.